The molecule has 2 heterocycles. The number of esters is 1. The predicted octanol–water partition coefficient (Wildman–Crippen LogP) is 3.97. The van der Waals surface area contributed by atoms with Crippen molar-refractivity contribution in [3.63, 3.8) is 0 Å². The van der Waals surface area contributed by atoms with Crippen LogP contribution in [-0.4, -0.2) is 35.4 Å². The smallest absolute Gasteiger partial charge is 0.325 e. The normalized spacial score (nSPS) is 10.9. The fourth-order valence-corrected chi connectivity index (χ4v) is 3.37. The van der Waals surface area contributed by atoms with E-state index in [9.17, 15) is 14.4 Å². The molecule has 0 aliphatic heterocycles. The number of aromatic nitrogens is 1. The van der Waals surface area contributed by atoms with Gasteiger partial charge in [0.1, 0.15) is 6.54 Å². The van der Waals surface area contributed by atoms with Crippen LogP contribution in [0.1, 0.15) is 57.6 Å². The van der Waals surface area contributed by atoms with Crippen molar-refractivity contribution in [3.8, 4) is 5.69 Å². The number of carbonyl (C=O) groups is 3. The van der Waals surface area contributed by atoms with Gasteiger partial charge in [0.25, 0.3) is 5.91 Å². The van der Waals surface area contributed by atoms with E-state index in [0.717, 1.165) is 17.1 Å². The van der Waals surface area contributed by atoms with E-state index in [-0.39, 0.29) is 18.1 Å². The molecular formula is C24H26N2O5. The summed E-state index contributed by atoms with van der Waals surface area (Å²) in [5.74, 6) is -0.996. The minimum absolute atomic E-state index is 0.0951. The average Bonchev–Trinajstić information content (AvgIpc) is 3.38. The van der Waals surface area contributed by atoms with Gasteiger partial charge >= 0.3 is 5.97 Å². The van der Waals surface area contributed by atoms with E-state index in [2.05, 4.69) is 31.3 Å². The number of aryl methyl sites for hydroxylation is 1. The van der Waals surface area contributed by atoms with Crippen LogP contribution < -0.4 is 5.32 Å². The Bertz CT molecular complexity index is 1080. The van der Waals surface area contributed by atoms with Crippen molar-refractivity contribution in [1.82, 2.24) is 9.88 Å². The Morgan fingerprint density at radius 2 is 1.81 bits per heavy atom. The second-order valence-electron chi connectivity index (χ2n) is 7.61. The third kappa shape index (κ3) is 5.12. The van der Waals surface area contributed by atoms with Gasteiger partial charge in [0, 0.05) is 22.6 Å². The number of benzene rings is 1. The number of nitrogens with zero attached hydrogens (tertiary/aromatic N) is 1. The first-order chi connectivity index (χ1) is 14.8. The number of nitrogens with one attached hydrogen (secondary N) is 1. The maximum Gasteiger partial charge on any atom is 0.325 e. The van der Waals surface area contributed by atoms with Crippen molar-refractivity contribution in [3.05, 3.63) is 77.0 Å². The first-order valence-electron chi connectivity index (χ1n) is 10.1. The summed E-state index contributed by atoms with van der Waals surface area (Å²) in [4.78, 5) is 36.3. The zero-order valence-electron chi connectivity index (χ0n) is 18.1. The molecule has 1 N–H and O–H groups in total. The number of carbonyl (C=O) groups excluding carboxylic acids is 3. The molecule has 31 heavy (non-hydrogen) atoms. The van der Waals surface area contributed by atoms with Gasteiger partial charge in [0.15, 0.2) is 12.4 Å². The third-order valence-corrected chi connectivity index (χ3v) is 5.05. The fourth-order valence-electron chi connectivity index (χ4n) is 3.37. The van der Waals surface area contributed by atoms with E-state index in [1.807, 2.05) is 30.5 Å². The van der Waals surface area contributed by atoms with Crippen LogP contribution in [0, 0.1) is 13.8 Å². The van der Waals surface area contributed by atoms with Crippen molar-refractivity contribution >= 4 is 17.7 Å². The molecular weight excluding hydrogens is 396 g/mol. The lowest BCUT2D eigenvalue weighted by Gasteiger charge is -2.12. The number of ketones is 1. The summed E-state index contributed by atoms with van der Waals surface area (Å²) in [7, 11) is 0. The molecule has 0 unspecified atom stereocenters. The van der Waals surface area contributed by atoms with Gasteiger partial charge in [-0.15, -0.1) is 0 Å². The average molecular weight is 422 g/mol. The number of amides is 1. The Labute approximate surface area is 181 Å². The minimum atomic E-state index is -0.702. The SMILES string of the molecule is Cc1cc(C(=O)COC(=O)CNC(=O)c2ccco2)c(C)n1-c1ccc(C(C)C)cc1. The van der Waals surface area contributed by atoms with Crippen molar-refractivity contribution in [2.75, 3.05) is 13.2 Å². The van der Waals surface area contributed by atoms with Crippen molar-refractivity contribution in [2.24, 2.45) is 0 Å². The molecule has 7 nitrogen and oxygen atoms in total. The number of Topliss-reactive ketones (excluding diaryl/α,β-unsaturated/α-hetero) is 1. The second kappa shape index (κ2) is 9.47. The molecule has 0 radical (unpaired) electrons. The lowest BCUT2D eigenvalue weighted by atomic mass is 10.0. The lowest BCUT2D eigenvalue weighted by Crippen LogP contribution is -2.31. The van der Waals surface area contributed by atoms with Gasteiger partial charge in [-0.1, -0.05) is 26.0 Å². The van der Waals surface area contributed by atoms with E-state index in [1.54, 1.807) is 12.1 Å². The Morgan fingerprint density at radius 1 is 1.10 bits per heavy atom. The van der Waals surface area contributed by atoms with Crippen LogP contribution in [0.5, 0.6) is 0 Å². The molecule has 0 spiro atoms. The van der Waals surface area contributed by atoms with Gasteiger partial charge in [0.2, 0.25) is 5.78 Å². The molecule has 0 bridgehead atoms. The summed E-state index contributed by atoms with van der Waals surface area (Å²) in [5, 5.41) is 2.38. The minimum Gasteiger partial charge on any atom is -0.459 e. The number of hydrogen-bond donors (Lipinski definition) is 1. The van der Waals surface area contributed by atoms with Crippen LogP contribution in [0.4, 0.5) is 0 Å². The molecule has 1 amide bonds. The van der Waals surface area contributed by atoms with Crippen LogP contribution in [0.25, 0.3) is 5.69 Å². The first-order valence-corrected chi connectivity index (χ1v) is 10.1. The Balaban J connectivity index is 1.61. The number of furan rings is 1. The highest BCUT2D eigenvalue weighted by Gasteiger charge is 2.19. The predicted molar refractivity (Wildman–Crippen MR) is 116 cm³/mol. The van der Waals surface area contributed by atoms with E-state index >= 15 is 0 Å². The van der Waals surface area contributed by atoms with Crippen molar-refractivity contribution in [1.29, 1.82) is 0 Å². The highest BCUT2D eigenvalue weighted by atomic mass is 16.5. The summed E-state index contributed by atoms with van der Waals surface area (Å²) in [6, 6.07) is 13.1. The fraction of sp³-hybridized carbons (Fsp3) is 0.292. The highest BCUT2D eigenvalue weighted by Crippen LogP contribution is 2.23. The quantitative estimate of drug-likeness (QED) is 0.438. The molecule has 2 aromatic heterocycles. The molecule has 3 aromatic rings. The molecule has 0 aliphatic carbocycles. The van der Waals surface area contributed by atoms with Crippen LogP contribution in [0.15, 0.2) is 53.1 Å². The van der Waals surface area contributed by atoms with E-state index in [4.69, 9.17) is 9.15 Å². The summed E-state index contributed by atoms with van der Waals surface area (Å²) >= 11 is 0. The standard InChI is InChI=1S/C24H26N2O5/c1-15(2)18-7-9-19(10-8-18)26-16(3)12-20(17(26)4)21(27)14-31-23(28)13-25-24(29)22-6-5-11-30-22/h5-12,15H,13-14H2,1-4H3,(H,25,29). The Morgan fingerprint density at radius 3 is 2.42 bits per heavy atom. The van der Waals surface area contributed by atoms with E-state index < -0.39 is 18.5 Å². The third-order valence-electron chi connectivity index (χ3n) is 5.05. The largest absolute Gasteiger partial charge is 0.459 e. The topological polar surface area (TPSA) is 90.5 Å². The molecule has 0 fully saturated rings. The van der Waals surface area contributed by atoms with Gasteiger partial charge in [-0.25, -0.2) is 0 Å². The Hall–Kier alpha value is -3.61. The lowest BCUT2D eigenvalue weighted by molar-refractivity contribution is -0.141. The van der Waals surface area contributed by atoms with Gasteiger partial charge in [0.05, 0.1) is 6.26 Å². The van der Waals surface area contributed by atoms with Gasteiger partial charge in [-0.2, -0.15) is 0 Å². The van der Waals surface area contributed by atoms with Gasteiger partial charge in [-0.3, -0.25) is 14.4 Å². The zero-order chi connectivity index (χ0) is 22.5. The van der Waals surface area contributed by atoms with Gasteiger partial charge in [-0.05, 0) is 55.7 Å². The van der Waals surface area contributed by atoms with E-state index in [0.29, 0.717) is 11.5 Å². The first kappa shape index (κ1) is 22.1. The maximum absolute atomic E-state index is 12.6. The Kier molecular flexibility index (Phi) is 6.74. The molecule has 3 rings (SSSR count). The molecule has 0 saturated heterocycles. The number of rotatable bonds is 8. The van der Waals surface area contributed by atoms with Crippen LogP contribution >= 0.6 is 0 Å². The van der Waals surface area contributed by atoms with Crippen molar-refractivity contribution < 1.29 is 23.5 Å². The van der Waals surface area contributed by atoms with E-state index in [1.165, 1.54) is 17.9 Å². The molecule has 162 valence electrons. The molecule has 0 aliphatic rings. The summed E-state index contributed by atoms with van der Waals surface area (Å²) in [6.45, 7) is 7.32. The van der Waals surface area contributed by atoms with Crippen LogP contribution in [-0.2, 0) is 9.53 Å². The molecule has 0 atom stereocenters. The summed E-state index contributed by atoms with van der Waals surface area (Å²) < 4.78 is 12.0. The summed E-state index contributed by atoms with van der Waals surface area (Å²) in [6.07, 6.45) is 1.36. The van der Waals surface area contributed by atoms with Crippen LogP contribution in [0.3, 0.4) is 0 Å². The zero-order valence-corrected chi connectivity index (χ0v) is 18.1. The molecule has 1 aromatic carbocycles. The molecule has 0 saturated carbocycles. The number of ether oxygens (including phenoxy) is 1. The van der Waals surface area contributed by atoms with Crippen LogP contribution in [0.2, 0.25) is 0 Å². The summed E-state index contributed by atoms with van der Waals surface area (Å²) in [5.41, 5.74) is 4.40. The second-order valence-corrected chi connectivity index (χ2v) is 7.61. The maximum atomic E-state index is 12.6. The number of hydrogen-bond acceptors (Lipinski definition) is 5. The molecule has 7 heteroatoms. The van der Waals surface area contributed by atoms with Gasteiger partial charge < -0.3 is 19.0 Å². The van der Waals surface area contributed by atoms with Crippen molar-refractivity contribution in [2.45, 2.75) is 33.6 Å². The highest BCUT2D eigenvalue weighted by molar-refractivity contribution is 5.99. The monoisotopic (exact) mass is 422 g/mol.